The van der Waals surface area contributed by atoms with E-state index in [0.29, 0.717) is 16.6 Å². The molecule has 5 nitrogen and oxygen atoms in total. The normalized spacial score (nSPS) is 13.8. The molecule has 2 N–H and O–H groups in total. The number of fused-ring (bicyclic) bond motifs is 1. The van der Waals surface area contributed by atoms with Crippen LogP contribution in [0, 0.1) is 5.82 Å². The van der Waals surface area contributed by atoms with Gasteiger partial charge in [0, 0.05) is 47.9 Å². The lowest BCUT2D eigenvalue weighted by atomic mass is 10.0. The third-order valence-electron chi connectivity index (χ3n) is 6.07. The van der Waals surface area contributed by atoms with Gasteiger partial charge in [-0.15, -0.1) is 0 Å². The van der Waals surface area contributed by atoms with Crippen molar-refractivity contribution in [3.05, 3.63) is 83.4 Å². The second-order valence-corrected chi connectivity index (χ2v) is 8.28. The number of aromatic nitrogens is 2. The molecule has 0 aliphatic carbocycles. The molecule has 1 aliphatic heterocycles. The van der Waals surface area contributed by atoms with Crippen LogP contribution in [0.4, 0.5) is 23.4 Å². The first-order chi connectivity index (χ1) is 16.2. The molecule has 1 saturated heterocycles. The van der Waals surface area contributed by atoms with Crippen molar-refractivity contribution >= 4 is 22.6 Å². The van der Waals surface area contributed by atoms with Crippen molar-refractivity contribution in [1.82, 2.24) is 9.55 Å². The van der Waals surface area contributed by atoms with Gasteiger partial charge in [0.25, 0.3) is 5.91 Å². The van der Waals surface area contributed by atoms with Crippen molar-refractivity contribution in [2.24, 2.45) is 5.73 Å². The first-order valence-corrected chi connectivity index (χ1v) is 10.7. The molecule has 0 saturated carbocycles. The average molecular weight is 468 g/mol. The molecule has 2 aromatic heterocycles. The first-order valence-electron chi connectivity index (χ1n) is 10.7. The minimum Gasteiger partial charge on any atom is -0.364 e. The molecule has 0 atom stereocenters. The quantitative estimate of drug-likeness (QED) is 0.409. The fourth-order valence-corrected chi connectivity index (χ4v) is 4.33. The zero-order chi connectivity index (χ0) is 24.0. The van der Waals surface area contributed by atoms with Crippen LogP contribution in [-0.2, 0) is 12.7 Å². The molecule has 4 aromatic rings. The Kier molecular flexibility index (Phi) is 5.27. The number of nitrogens with two attached hydrogens (primary N) is 1. The zero-order valence-electron chi connectivity index (χ0n) is 17.9. The van der Waals surface area contributed by atoms with E-state index < -0.39 is 23.5 Å². The number of alkyl halides is 3. The van der Waals surface area contributed by atoms with Crippen LogP contribution in [0.3, 0.4) is 0 Å². The van der Waals surface area contributed by atoms with Gasteiger partial charge < -0.3 is 15.2 Å². The maximum atomic E-state index is 13.8. The van der Waals surface area contributed by atoms with E-state index in [0.717, 1.165) is 37.5 Å². The first kappa shape index (κ1) is 21.9. The molecule has 2 aromatic carbocycles. The van der Waals surface area contributed by atoms with Crippen LogP contribution in [0.25, 0.3) is 22.0 Å². The minimum atomic E-state index is -4.57. The molecule has 0 spiro atoms. The van der Waals surface area contributed by atoms with Crippen LogP contribution >= 0.6 is 0 Å². The van der Waals surface area contributed by atoms with Gasteiger partial charge in [-0.05, 0) is 54.4 Å². The number of anilines is 1. The largest absolute Gasteiger partial charge is 0.416 e. The second-order valence-electron chi connectivity index (χ2n) is 8.28. The van der Waals surface area contributed by atoms with Crippen molar-refractivity contribution in [2.75, 3.05) is 18.0 Å². The summed E-state index contributed by atoms with van der Waals surface area (Å²) in [6.07, 6.45) is -1.95. The number of benzene rings is 2. The lowest BCUT2D eigenvalue weighted by Crippen LogP contribution is -2.37. The molecular formula is C25H20F4N4O. The summed E-state index contributed by atoms with van der Waals surface area (Å²) in [4.78, 5) is 19.2. The van der Waals surface area contributed by atoms with Gasteiger partial charge in [0.05, 0.1) is 5.56 Å². The van der Waals surface area contributed by atoms with Gasteiger partial charge in [-0.25, -0.2) is 9.37 Å². The molecule has 0 bridgehead atoms. The Morgan fingerprint density at radius 2 is 1.85 bits per heavy atom. The van der Waals surface area contributed by atoms with E-state index in [-0.39, 0.29) is 23.2 Å². The van der Waals surface area contributed by atoms with Crippen LogP contribution < -0.4 is 10.6 Å². The van der Waals surface area contributed by atoms with Gasteiger partial charge >= 0.3 is 6.18 Å². The highest BCUT2D eigenvalue weighted by Crippen LogP contribution is 2.39. The molecule has 5 rings (SSSR count). The Hall–Kier alpha value is -3.88. The smallest absolute Gasteiger partial charge is 0.364 e. The molecular weight excluding hydrogens is 448 g/mol. The molecule has 9 heteroatoms. The zero-order valence-corrected chi connectivity index (χ0v) is 17.9. The molecule has 34 heavy (non-hydrogen) atoms. The van der Waals surface area contributed by atoms with E-state index in [1.165, 1.54) is 28.8 Å². The highest BCUT2D eigenvalue weighted by Gasteiger charge is 2.32. The SMILES string of the molecule is NC(=O)c1c(-c2ccc(N3CCC3)nc2)c2cc(C(F)(F)F)ccc2n1Cc1cccc(F)c1. The summed E-state index contributed by atoms with van der Waals surface area (Å²) in [5, 5.41) is 0.221. The van der Waals surface area contributed by atoms with Crippen molar-refractivity contribution < 1.29 is 22.4 Å². The third-order valence-corrected chi connectivity index (χ3v) is 6.07. The number of nitrogens with zero attached hydrogens (tertiary/aromatic N) is 3. The molecule has 1 aliphatic rings. The lowest BCUT2D eigenvalue weighted by molar-refractivity contribution is -0.137. The number of halogens is 4. The number of carbonyl (C=O) groups is 1. The second kappa shape index (κ2) is 8.16. The summed E-state index contributed by atoms with van der Waals surface area (Å²) in [7, 11) is 0. The Balaban J connectivity index is 1.74. The molecule has 0 radical (unpaired) electrons. The summed E-state index contributed by atoms with van der Waals surface area (Å²) >= 11 is 0. The molecule has 3 heterocycles. The van der Waals surface area contributed by atoms with Crippen molar-refractivity contribution in [3.63, 3.8) is 0 Å². The number of amides is 1. The van der Waals surface area contributed by atoms with E-state index in [1.807, 2.05) is 0 Å². The van der Waals surface area contributed by atoms with Gasteiger partial charge in [0.1, 0.15) is 17.3 Å². The number of pyridine rings is 1. The fraction of sp³-hybridized carbons (Fsp3) is 0.200. The van der Waals surface area contributed by atoms with Crippen LogP contribution in [0.5, 0.6) is 0 Å². The highest BCUT2D eigenvalue weighted by molar-refractivity contribution is 6.10. The van der Waals surface area contributed by atoms with Gasteiger partial charge in [0.2, 0.25) is 0 Å². The predicted molar refractivity (Wildman–Crippen MR) is 121 cm³/mol. The number of rotatable bonds is 5. The number of hydrogen-bond donors (Lipinski definition) is 1. The van der Waals surface area contributed by atoms with E-state index in [4.69, 9.17) is 5.73 Å². The summed E-state index contributed by atoms with van der Waals surface area (Å²) in [6, 6.07) is 12.6. The maximum absolute atomic E-state index is 13.8. The van der Waals surface area contributed by atoms with Gasteiger partial charge in [-0.1, -0.05) is 12.1 Å². The summed E-state index contributed by atoms with van der Waals surface area (Å²) in [5.41, 5.74) is 6.61. The molecule has 1 fully saturated rings. The van der Waals surface area contributed by atoms with E-state index in [9.17, 15) is 22.4 Å². The Labute approximate surface area is 192 Å². The van der Waals surface area contributed by atoms with E-state index in [2.05, 4.69) is 9.88 Å². The molecule has 1 amide bonds. The summed E-state index contributed by atoms with van der Waals surface area (Å²) < 4.78 is 55.9. The van der Waals surface area contributed by atoms with Crippen LogP contribution in [0.2, 0.25) is 0 Å². The summed E-state index contributed by atoms with van der Waals surface area (Å²) in [6.45, 7) is 1.83. The van der Waals surface area contributed by atoms with E-state index in [1.54, 1.807) is 24.4 Å². The van der Waals surface area contributed by atoms with Crippen LogP contribution in [-0.4, -0.2) is 28.5 Å². The maximum Gasteiger partial charge on any atom is 0.416 e. The number of carbonyl (C=O) groups excluding carboxylic acids is 1. The Bertz CT molecular complexity index is 1390. The Morgan fingerprint density at radius 1 is 1.06 bits per heavy atom. The predicted octanol–water partition coefficient (Wildman–Crippen LogP) is 5.22. The van der Waals surface area contributed by atoms with Crippen LogP contribution in [0.15, 0.2) is 60.8 Å². The van der Waals surface area contributed by atoms with E-state index >= 15 is 0 Å². The molecule has 0 unspecified atom stereocenters. The van der Waals surface area contributed by atoms with Crippen LogP contribution in [0.1, 0.15) is 28.0 Å². The fourth-order valence-electron chi connectivity index (χ4n) is 4.33. The average Bonchev–Trinajstić information content (AvgIpc) is 3.06. The third kappa shape index (κ3) is 3.87. The highest BCUT2D eigenvalue weighted by atomic mass is 19.4. The van der Waals surface area contributed by atoms with Crippen molar-refractivity contribution in [2.45, 2.75) is 19.1 Å². The monoisotopic (exact) mass is 468 g/mol. The van der Waals surface area contributed by atoms with Gasteiger partial charge in [0.15, 0.2) is 0 Å². The van der Waals surface area contributed by atoms with Crippen molar-refractivity contribution in [3.8, 4) is 11.1 Å². The number of hydrogen-bond acceptors (Lipinski definition) is 3. The van der Waals surface area contributed by atoms with Crippen molar-refractivity contribution in [1.29, 1.82) is 0 Å². The van der Waals surface area contributed by atoms with Gasteiger partial charge in [-0.3, -0.25) is 4.79 Å². The minimum absolute atomic E-state index is 0.0390. The lowest BCUT2D eigenvalue weighted by Gasteiger charge is -2.31. The Morgan fingerprint density at radius 3 is 2.44 bits per heavy atom. The number of primary amides is 1. The topological polar surface area (TPSA) is 64.2 Å². The molecule has 174 valence electrons. The standard InChI is InChI=1S/C25H20F4N4O/c26-18-4-1-3-15(11-18)14-33-20-7-6-17(25(27,28)29)12-19(20)22(23(33)24(30)34)16-5-8-21(31-13-16)32-9-2-10-32/h1,3-8,11-13H,2,9-10,14H2,(H2,30,34). The van der Waals surface area contributed by atoms with Gasteiger partial charge in [-0.2, -0.15) is 13.2 Å². The summed E-state index contributed by atoms with van der Waals surface area (Å²) in [5.74, 6) is -0.502.